The minimum atomic E-state index is -0.326. The van der Waals surface area contributed by atoms with Crippen molar-refractivity contribution in [1.82, 2.24) is 15.1 Å². The second-order valence-corrected chi connectivity index (χ2v) is 5.37. The number of pyridine rings is 1. The number of fused-ring (bicyclic) bond motifs is 1. The van der Waals surface area contributed by atoms with Crippen LogP contribution in [0.1, 0.15) is 26.0 Å². The Morgan fingerprint density at radius 2 is 2.14 bits per heavy atom. The number of benzene rings is 1. The lowest BCUT2D eigenvalue weighted by molar-refractivity contribution is 0.247. The topological polar surface area (TPSA) is 66.4 Å². The van der Waals surface area contributed by atoms with E-state index in [0.29, 0.717) is 5.71 Å². The first-order valence-corrected chi connectivity index (χ1v) is 7.77. The van der Waals surface area contributed by atoms with Crippen LogP contribution < -0.4 is 10.1 Å². The molecule has 0 saturated carbocycles. The maximum absolute atomic E-state index is 11.5. The summed E-state index contributed by atoms with van der Waals surface area (Å²) in [4.78, 5) is 15.9. The lowest BCUT2D eigenvalue weighted by Crippen LogP contribution is -2.28. The molecule has 110 valence electrons. The van der Waals surface area contributed by atoms with E-state index in [-0.39, 0.29) is 6.03 Å². The summed E-state index contributed by atoms with van der Waals surface area (Å²) in [5.41, 5.74) is 3.92. The molecule has 2 N–H and O–H groups in total. The number of amides is 2. The molecule has 0 saturated heterocycles. The van der Waals surface area contributed by atoms with Crippen molar-refractivity contribution in [2.75, 3.05) is 5.75 Å². The number of hydrogen-bond donors (Lipinski definition) is 2. The summed E-state index contributed by atoms with van der Waals surface area (Å²) < 4.78 is 2.67. The molecule has 0 unspecified atom stereocenters. The number of carbonyl (C=O) groups is 1. The molecule has 21 heavy (non-hydrogen) atoms. The largest absolute Gasteiger partial charge is 0.345 e. The van der Waals surface area contributed by atoms with Crippen molar-refractivity contribution in [1.29, 1.82) is 0 Å². The molecule has 2 amide bonds. The highest BCUT2D eigenvalue weighted by Crippen LogP contribution is 2.16. The fourth-order valence-corrected chi connectivity index (χ4v) is 2.32. The summed E-state index contributed by atoms with van der Waals surface area (Å²) in [5, 5.41) is 6.22. The van der Waals surface area contributed by atoms with Gasteiger partial charge in [-0.25, -0.2) is 10.2 Å². The van der Waals surface area contributed by atoms with Crippen molar-refractivity contribution in [2.45, 2.75) is 20.3 Å². The van der Waals surface area contributed by atoms with Crippen LogP contribution in [0, 0.1) is 0 Å². The molecule has 0 aliphatic heterocycles. The van der Waals surface area contributed by atoms with Crippen molar-refractivity contribution >= 4 is 34.5 Å². The summed E-state index contributed by atoms with van der Waals surface area (Å²) in [6.07, 6.45) is 2.75. The quantitative estimate of drug-likeness (QED) is 0.385. The van der Waals surface area contributed by atoms with Crippen LogP contribution in [0.15, 0.2) is 41.6 Å². The fourth-order valence-electron chi connectivity index (χ4n) is 1.84. The minimum Gasteiger partial charge on any atom is -0.280 e. The van der Waals surface area contributed by atoms with Gasteiger partial charge in [-0.1, -0.05) is 31.2 Å². The Labute approximate surface area is 128 Å². The predicted octanol–water partition coefficient (Wildman–Crippen LogP) is 3.32. The second kappa shape index (κ2) is 7.64. The SMILES string of the molecule is CCCSNC(=O)N/N=C(/C)c1nccc2ccccc12. The maximum atomic E-state index is 11.5. The van der Waals surface area contributed by atoms with Gasteiger partial charge in [0, 0.05) is 17.3 Å². The summed E-state index contributed by atoms with van der Waals surface area (Å²) >= 11 is 1.36. The highest BCUT2D eigenvalue weighted by molar-refractivity contribution is 7.97. The zero-order chi connectivity index (χ0) is 15.1. The first-order chi connectivity index (χ1) is 10.2. The summed E-state index contributed by atoms with van der Waals surface area (Å²) in [6.45, 7) is 3.88. The van der Waals surface area contributed by atoms with E-state index in [0.717, 1.165) is 28.6 Å². The molecule has 0 aliphatic carbocycles. The van der Waals surface area contributed by atoms with E-state index in [1.54, 1.807) is 6.20 Å². The van der Waals surface area contributed by atoms with Gasteiger partial charge in [-0.15, -0.1) is 0 Å². The smallest absolute Gasteiger partial charge is 0.280 e. The van der Waals surface area contributed by atoms with Crippen LogP contribution in [0.5, 0.6) is 0 Å². The molecule has 2 rings (SSSR count). The van der Waals surface area contributed by atoms with Gasteiger partial charge in [-0.05, 0) is 36.7 Å². The van der Waals surface area contributed by atoms with Crippen LogP contribution in [-0.2, 0) is 0 Å². The molecule has 5 nitrogen and oxygen atoms in total. The van der Waals surface area contributed by atoms with E-state index in [1.807, 2.05) is 37.3 Å². The van der Waals surface area contributed by atoms with Crippen LogP contribution in [0.25, 0.3) is 10.8 Å². The van der Waals surface area contributed by atoms with E-state index in [2.05, 4.69) is 27.2 Å². The molecule has 0 fully saturated rings. The lowest BCUT2D eigenvalue weighted by Gasteiger charge is -2.06. The number of carbonyl (C=O) groups excluding carboxylic acids is 1. The van der Waals surface area contributed by atoms with E-state index in [4.69, 9.17) is 0 Å². The Morgan fingerprint density at radius 1 is 1.33 bits per heavy atom. The van der Waals surface area contributed by atoms with E-state index >= 15 is 0 Å². The van der Waals surface area contributed by atoms with Gasteiger partial charge in [0.25, 0.3) is 0 Å². The van der Waals surface area contributed by atoms with Gasteiger partial charge in [0.1, 0.15) is 0 Å². The maximum Gasteiger partial charge on any atom is 0.345 e. The molecule has 1 aromatic heterocycles. The number of urea groups is 1. The van der Waals surface area contributed by atoms with E-state index < -0.39 is 0 Å². The van der Waals surface area contributed by atoms with Crippen LogP contribution in [0.3, 0.4) is 0 Å². The van der Waals surface area contributed by atoms with Gasteiger partial charge in [0.05, 0.1) is 11.4 Å². The van der Waals surface area contributed by atoms with Crippen molar-refractivity contribution in [3.63, 3.8) is 0 Å². The van der Waals surface area contributed by atoms with E-state index in [9.17, 15) is 4.79 Å². The molecule has 0 atom stereocenters. The zero-order valence-corrected chi connectivity index (χ0v) is 12.9. The third kappa shape index (κ3) is 4.19. The monoisotopic (exact) mass is 302 g/mol. The molecular weight excluding hydrogens is 284 g/mol. The Bertz CT molecular complexity index is 652. The number of hydrazone groups is 1. The Kier molecular flexibility index (Phi) is 5.57. The Morgan fingerprint density at radius 3 is 2.95 bits per heavy atom. The number of hydrogen-bond acceptors (Lipinski definition) is 4. The molecule has 6 heteroatoms. The second-order valence-electron chi connectivity index (χ2n) is 4.47. The first kappa shape index (κ1) is 15.3. The zero-order valence-electron chi connectivity index (χ0n) is 12.1. The normalized spacial score (nSPS) is 11.4. The lowest BCUT2D eigenvalue weighted by atomic mass is 10.1. The number of nitrogens with one attached hydrogen (secondary N) is 2. The Hall–Kier alpha value is -2.08. The summed E-state index contributed by atoms with van der Waals surface area (Å²) in [7, 11) is 0. The molecule has 1 aromatic carbocycles. The number of nitrogens with zero attached hydrogens (tertiary/aromatic N) is 2. The predicted molar refractivity (Wildman–Crippen MR) is 88.4 cm³/mol. The van der Waals surface area contributed by atoms with Gasteiger partial charge in [0.2, 0.25) is 0 Å². The van der Waals surface area contributed by atoms with Crippen molar-refractivity contribution in [2.24, 2.45) is 5.10 Å². The van der Waals surface area contributed by atoms with Crippen LogP contribution in [0.2, 0.25) is 0 Å². The van der Waals surface area contributed by atoms with Crippen molar-refractivity contribution in [3.05, 3.63) is 42.2 Å². The van der Waals surface area contributed by atoms with Gasteiger partial charge in [-0.2, -0.15) is 5.10 Å². The highest BCUT2D eigenvalue weighted by atomic mass is 32.2. The average Bonchev–Trinajstić information content (AvgIpc) is 2.52. The number of rotatable bonds is 5. The minimum absolute atomic E-state index is 0.326. The summed E-state index contributed by atoms with van der Waals surface area (Å²) in [6, 6.07) is 9.59. The van der Waals surface area contributed by atoms with Crippen molar-refractivity contribution in [3.8, 4) is 0 Å². The van der Waals surface area contributed by atoms with Crippen LogP contribution in [-0.4, -0.2) is 22.5 Å². The third-order valence-corrected chi connectivity index (χ3v) is 3.75. The molecular formula is C15H18N4OS. The molecule has 0 aliphatic rings. The first-order valence-electron chi connectivity index (χ1n) is 6.78. The number of aromatic nitrogens is 1. The third-order valence-electron chi connectivity index (χ3n) is 2.81. The molecule has 0 spiro atoms. The average molecular weight is 302 g/mol. The van der Waals surface area contributed by atoms with Crippen molar-refractivity contribution < 1.29 is 4.79 Å². The molecule has 0 bridgehead atoms. The standard InChI is InChI=1S/C15H18N4OS/c1-3-10-21-19-15(20)18-17-11(2)14-13-7-5-4-6-12(13)8-9-16-14/h4-9H,3,10H2,1-2H3,(H2,18,19,20)/b17-11-. The van der Waals surface area contributed by atoms with Gasteiger partial charge >= 0.3 is 6.03 Å². The van der Waals surface area contributed by atoms with Gasteiger partial charge < -0.3 is 0 Å². The van der Waals surface area contributed by atoms with Crippen LogP contribution >= 0.6 is 11.9 Å². The summed E-state index contributed by atoms with van der Waals surface area (Å²) in [5.74, 6) is 0.876. The van der Waals surface area contributed by atoms with Gasteiger partial charge in [-0.3, -0.25) is 9.71 Å². The highest BCUT2D eigenvalue weighted by Gasteiger charge is 2.06. The molecule has 2 aromatic rings. The fraction of sp³-hybridized carbons (Fsp3) is 0.267. The van der Waals surface area contributed by atoms with Gasteiger partial charge in [0.15, 0.2) is 0 Å². The van der Waals surface area contributed by atoms with E-state index in [1.165, 1.54) is 11.9 Å². The molecule has 0 radical (unpaired) electrons. The van der Waals surface area contributed by atoms with Crippen LogP contribution in [0.4, 0.5) is 4.79 Å². The molecule has 1 heterocycles. The Balaban J connectivity index is 2.09.